The van der Waals surface area contributed by atoms with Gasteiger partial charge < -0.3 is 4.90 Å². The van der Waals surface area contributed by atoms with Gasteiger partial charge in [0.05, 0.1) is 5.56 Å². The monoisotopic (exact) mass is 384 g/mol. The summed E-state index contributed by atoms with van der Waals surface area (Å²) in [5, 5.41) is 0. The van der Waals surface area contributed by atoms with Crippen LogP contribution in [0.2, 0.25) is 0 Å². The Hall–Kier alpha value is -0.490. The summed E-state index contributed by atoms with van der Waals surface area (Å²) < 4.78 is 40.2. The summed E-state index contributed by atoms with van der Waals surface area (Å²) in [6.45, 7) is 0.379. The lowest BCUT2D eigenvalue weighted by Crippen LogP contribution is -2.40. The number of pyridine rings is 1. The van der Waals surface area contributed by atoms with Gasteiger partial charge in [-0.05, 0) is 34.8 Å². The predicted molar refractivity (Wildman–Crippen MR) is 81.9 cm³/mol. The molecule has 21 heavy (non-hydrogen) atoms. The summed E-state index contributed by atoms with van der Waals surface area (Å²) in [4.78, 5) is 5.78. The maximum Gasteiger partial charge on any atom is 0.419 e. The van der Waals surface area contributed by atoms with Crippen molar-refractivity contribution in [2.45, 2.75) is 44.3 Å². The lowest BCUT2D eigenvalue weighted by molar-refractivity contribution is -0.137. The minimum Gasteiger partial charge on any atom is -0.352 e. The van der Waals surface area contributed by atoms with Crippen LogP contribution in [0.4, 0.5) is 19.0 Å². The van der Waals surface area contributed by atoms with Crippen LogP contribution in [0.1, 0.15) is 37.7 Å². The molecule has 0 spiro atoms. The van der Waals surface area contributed by atoms with E-state index in [1.807, 2.05) is 0 Å². The third-order valence-electron chi connectivity index (χ3n) is 3.75. The van der Waals surface area contributed by atoms with E-state index in [0.717, 1.165) is 38.2 Å². The minimum absolute atomic E-state index is 0.00162. The molecule has 1 aromatic heterocycles. The average molecular weight is 386 g/mol. The number of nitrogens with zero attached hydrogens (tertiary/aromatic N) is 2. The molecule has 2 nitrogen and oxygen atoms in total. The highest BCUT2D eigenvalue weighted by atomic mass is 79.9. The molecule has 0 saturated heterocycles. The van der Waals surface area contributed by atoms with Crippen LogP contribution in [0.25, 0.3) is 0 Å². The van der Waals surface area contributed by atoms with Gasteiger partial charge in [0.25, 0.3) is 0 Å². The van der Waals surface area contributed by atoms with Crippen LogP contribution in [-0.4, -0.2) is 23.5 Å². The van der Waals surface area contributed by atoms with E-state index in [1.165, 1.54) is 6.20 Å². The van der Waals surface area contributed by atoms with E-state index >= 15 is 0 Å². The van der Waals surface area contributed by atoms with Gasteiger partial charge in [0, 0.05) is 29.1 Å². The fourth-order valence-corrected chi connectivity index (χ4v) is 3.33. The van der Waals surface area contributed by atoms with Gasteiger partial charge in [0.15, 0.2) is 0 Å². The van der Waals surface area contributed by atoms with Crippen molar-refractivity contribution in [1.29, 1.82) is 0 Å². The van der Waals surface area contributed by atoms with Crippen molar-refractivity contribution in [3.05, 3.63) is 22.3 Å². The lowest BCUT2D eigenvalue weighted by Gasteiger charge is -2.36. The maximum absolute atomic E-state index is 13.3. The van der Waals surface area contributed by atoms with Crippen LogP contribution in [0.5, 0.6) is 0 Å². The van der Waals surface area contributed by atoms with E-state index in [2.05, 4.69) is 20.9 Å². The SMILES string of the molecule is FC(F)(F)c1cc(Br)cnc1N(CCCl)C1CCCCC1. The number of halogens is 5. The molecule has 1 saturated carbocycles. The third-order valence-corrected chi connectivity index (χ3v) is 4.35. The number of rotatable bonds is 4. The third kappa shape index (κ3) is 4.25. The van der Waals surface area contributed by atoms with Gasteiger partial charge in [-0.25, -0.2) is 4.98 Å². The highest BCUT2D eigenvalue weighted by Crippen LogP contribution is 2.38. The van der Waals surface area contributed by atoms with Crippen molar-refractivity contribution in [2.75, 3.05) is 17.3 Å². The molecular formula is C14H17BrClF3N2. The fourth-order valence-electron chi connectivity index (χ4n) is 2.81. The van der Waals surface area contributed by atoms with E-state index in [4.69, 9.17) is 11.6 Å². The smallest absolute Gasteiger partial charge is 0.352 e. The Bertz CT molecular complexity index is 476. The van der Waals surface area contributed by atoms with Crippen LogP contribution in [-0.2, 0) is 6.18 Å². The number of hydrogen-bond acceptors (Lipinski definition) is 2. The predicted octanol–water partition coefficient (Wildman–Crippen LogP) is 5.24. The fraction of sp³-hybridized carbons (Fsp3) is 0.643. The number of alkyl halides is 4. The zero-order chi connectivity index (χ0) is 15.5. The van der Waals surface area contributed by atoms with Crippen molar-refractivity contribution in [3.63, 3.8) is 0 Å². The van der Waals surface area contributed by atoms with Gasteiger partial charge >= 0.3 is 6.18 Å². The van der Waals surface area contributed by atoms with Crippen LogP contribution in [0.3, 0.4) is 0 Å². The quantitative estimate of drug-likeness (QED) is 0.659. The summed E-state index contributed by atoms with van der Waals surface area (Å²) in [5.41, 5.74) is -0.701. The molecule has 0 unspecified atom stereocenters. The molecule has 0 aliphatic heterocycles. The molecule has 7 heteroatoms. The molecule has 0 atom stereocenters. The molecule has 118 valence electrons. The van der Waals surface area contributed by atoms with Gasteiger partial charge in [-0.1, -0.05) is 19.3 Å². The first kappa shape index (κ1) is 16.9. The molecule has 0 amide bonds. The molecular weight excluding hydrogens is 369 g/mol. The normalized spacial score (nSPS) is 17.0. The molecule has 0 aromatic carbocycles. The highest BCUT2D eigenvalue weighted by molar-refractivity contribution is 9.10. The van der Waals surface area contributed by atoms with Gasteiger partial charge in [-0.2, -0.15) is 13.2 Å². The minimum atomic E-state index is -4.43. The Morgan fingerprint density at radius 1 is 1.29 bits per heavy atom. The van der Waals surface area contributed by atoms with Crippen molar-refractivity contribution in [3.8, 4) is 0 Å². The molecule has 1 aliphatic rings. The standard InChI is InChI=1S/C14H17BrClF3N2/c15-10-8-12(14(17,18)19)13(20-9-10)21(7-6-16)11-4-2-1-3-5-11/h8-9,11H,1-7H2. The Labute approximate surface area is 135 Å². The summed E-state index contributed by atoms with van der Waals surface area (Å²) in [6.07, 6.45) is 2.01. The van der Waals surface area contributed by atoms with Crippen molar-refractivity contribution in [1.82, 2.24) is 4.98 Å². The van der Waals surface area contributed by atoms with Gasteiger partial charge in [0.1, 0.15) is 5.82 Å². The van der Waals surface area contributed by atoms with E-state index in [0.29, 0.717) is 11.0 Å². The largest absolute Gasteiger partial charge is 0.419 e. The van der Waals surface area contributed by atoms with Crippen molar-refractivity contribution < 1.29 is 13.2 Å². The van der Waals surface area contributed by atoms with E-state index in [9.17, 15) is 13.2 Å². The van der Waals surface area contributed by atoms with Crippen LogP contribution < -0.4 is 4.90 Å². The second-order valence-corrected chi connectivity index (χ2v) is 6.49. The molecule has 0 N–H and O–H groups in total. The first-order valence-electron chi connectivity index (χ1n) is 6.99. The second kappa shape index (κ2) is 7.18. The Morgan fingerprint density at radius 2 is 1.95 bits per heavy atom. The first-order valence-corrected chi connectivity index (χ1v) is 8.31. The maximum atomic E-state index is 13.3. The molecule has 1 fully saturated rings. The van der Waals surface area contributed by atoms with Crippen molar-refractivity contribution >= 4 is 33.3 Å². The van der Waals surface area contributed by atoms with Crippen LogP contribution >= 0.6 is 27.5 Å². The zero-order valence-corrected chi connectivity index (χ0v) is 13.8. The second-order valence-electron chi connectivity index (χ2n) is 5.20. The zero-order valence-electron chi connectivity index (χ0n) is 11.5. The van der Waals surface area contributed by atoms with E-state index in [-0.39, 0.29) is 17.7 Å². The summed E-state index contributed by atoms with van der Waals surface area (Å²) in [6, 6.07) is 1.18. The van der Waals surface area contributed by atoms with Gasteiger partial charge in [0.2, 0.25) is 0 Å². The molecule has 1 aliphatic carbocycles. The Kier molecular flexibility index (Phi) is 5.77. The summed E-state index contributed by atoms with van der Waals surface area (Å²) in [5.74, 6) is 0.282. The van der Waals surface area contributed by atoms with E-state index in [1.54, 1.807) is 4.90 Å². The molecule has 1 heterocycles. The van der Waals surface area contributed by atoms with Gasteiger partial charge in [-0.3, -0.25) is 0 Å². The van der Waals surface area contributed by atoms with E-state index < -0.39 is 11.7 Å². The Morgan fingerprint density at radius 3 is 2.52 bits per heavy atom. The topological polar surface area (TPSA) is 16.1 Å². The van der Waals surface area contributed by atoms with Gasteiger partial charge in [-0.15, -0.1) is 11.6 Å². The van der Waals surface area contributed by atoms with Crippen LogP contribution in [0.15, 0.2) is 16.7 Å². The number of anilines is 1. The average Bonchev–Trinajstić information content (AvgIpc) is 2.45. The van der Waals surface area contributed by atoms with Crippen LogP contribution in [0, 0.1) is 0 Å². The molecule has 0 radical (unpaired) electrons. The first-order chi connectivity index (χ1) is 9.93. The number of aromatic nitrogens is 1. The molecule has 0 bridgehead atoms. The van der Waals surface area contributed by atoms with Crippen molar-refractivity contribution in [2.24, 2.45) is 0 Å². The molecule has 1 aromatic rings. The summed E-state index contributed by atoms with van der Waals surface area (Å²) in [7, 11) is 0. The highest BCUT2D eigenvalue weighted by Gasteiger charge is 2.37. The Balaban J connectivity index is 2.39. The molecule has 2 rings (SSSR count). The lowest BCUT2D eigenvalue weighted by atomic mass is 9.94. The number of hydrogen-bond donors (Lipinski definition) is 0. The summed E-state index contributed by atoms with van der Waals surface area (Å²) >= 11 is 8.87.